The lowest BCUT2D eigenvalue weighted by Gasteiger charge is -2.37. The van der Waals surface area contributed by atoms with Crippen molar-refractivity contribution in [3.63, 3.8) is 0 Å². The van der Waals surface area contributed by atoms with Crippen molar-refractivity contribution in [3.8, 4) is 0 Å². The van der Waals surface area contributed by atoms with E-state index >= 15 is 4.39 Å². The minimum absolute atomic E-state index is 0.0274. The van der Waals surface area contributed by atoms with Gasteiger partial charge in [-0.1, -0.05) is 0 Å². The maximum Gasteiger partial charge on any atom is 0.341 e. The molecule has 2 fully saturated rings. The third kappa shape index (κ3) is 3.72. The van der Waals surface area contributed by atoms with Gasteiger partial charge in [-0.2, -0.15) is 0 Å². The normalized spacial score (nSPS) is 16.2. The van der Waals surface area contributed by atoms with Crippen molar-refractivity contribution in [3.05, 3.63) is 74.1 Å². The number of pyridine rings is 1. The van der Waals surface area contributed by atoms with E-state index in [0.717, 1.165) is 25.0 Å². The second-order valence-electron chi connectivity index (χ2n) is 8.50. The Bertz CT molecular complexity index is 1390. The topological polar surface area (TPSA) is 109 Å². The molecule has 34 heavy (non-hydrogen) atoms. The minimum Gasteiger partial charge on any atom is -0.477 e. The van der Waals surface area contributed by atoms with Crippen molar-refractivity contribution >= 4 is 33.9 Å². The van der Waals surface area contributed by atoms with E-state index in [0.29, 0.717) is 31.7 Å². The fraction of sp³-hybridized carbons (Fsp3) is 0.304. The van der Waals surface area contributed by atoms with Gasteiger partial charge in [0, 0.05) is 49.9 Å². The van der Waals surface area contributed by atoms with E-state index in [1.165, 1.54) is 18.3 Å². The highest BCUT2D eigenvalue weighted by Gasteiger charge is 2.29. The van der Waals surface area contributed by atoms with Gasteiger partial charge < -0.3 is 19.5 Å². The summed E-state index contributed by atoms with van der Waals surface area (Å²) in [5, 5.41) is 20.2. The van der Waals surface area contributed by atoms with Gasteiger partial charge in [0.2, 0.25) is 5.43 Å². The van der Waals surface area contributed by atoms with Crippen molar-refractivity contribution in [2.75, 3.05) is 36.0 Å². The summed E-state index contributed by atoms with van der Waals surface area (Å²) in [6, 6.07) is 6.25. The van der Waals surface area contributed by atoms with E-state index in [1.807, 2.05) is 0 Å². The number of hydrogen-bond acceptors (Lipinski definition) is 6. The molecule has 5 rings (SSSR count). The van der Waals surface area contributed by atoms with Gasteiger partial charge in [0.05, 0.1) is 27.9 Å². The van der Waals surface area contributed by atoms with Crippen LogP contribution in [0.4, 0.5) is 25.8 Å². The molecule has 0 unspecified atom stereocenters. The molecule has 2 aliphatic rings. The molecule has 176 valence electrons. The first-order valence-electron chi connectivity index (χ1n) is 10.8. The summed E-state index contributed by atoms with van der Waals surface area (Å²) in [5.41, 5.74) is -0.418. The van der Waals surface area contributed by atoms with Gasteiger partial charge in [0.1, 0.15) is 11.4 Å². The van der Waals surface area contributed by atoms with Gasteiger partial charge in [-0.05, 0) is 31.0 Å². The molecule has 0 radical (unpaired) electrons. The first-order valence-corrected chi connectivity index (χ1v) is 10.8. The Kier molecular flexibility index (Phi) is 5.18. The van der Waals surface area contributed by atoms with Gasteiger partial charge in [-0.25, -0.2) is 13.6 Å². The molecule has 1 aromatic heterocycles. The quantitative estimate of drug-likeness (QED) is 0.449. The highest BCUT2D eigenvalue weighted by atomic mass is 19.1. The van der Waals surface area contributed by atoms with E-state index < -0.39 is 28.0 Å². The van der Waals surface area contributed by atoms with Crippen LogP contribution in [0.2, 0.25) is 0 Å². The lowest BCUT2D eigenvalue weighted by molar-refractivity contribution is -0.385. The standard InChI is InChI=1S/C23H20F2N4O5/c24-17-9-14(29(33)34)3-4-19(17)26-5-7-27(8-6-26)21-11-20-15(10-18(21)25)22(30)16(23(31)32)12-28(20)13-1-2-13/h3-4,9-13H,1-2,5-8H2,(H,31,32). The number of anilines is 2. The number of non-ortho nitro benzene ring substituents is 1. The van der Waals surface area contributed by atoms with E-state index in [-0.39, 0.29) is 34.1 Å². The Morgan fingerprint density at radius 3 is 2.18 bits per heavy atom. The number of aromatic carboxylic acids is 1. The van der Waals surface area contributed by atoms with Gasteiger partial charge >= 0.3 is 5.97 Å². The van der Waals surface area contributed by atoms with Gasteiger partial charge in [-0.15, -0.1) is 0 Å². The first kappa shape index (κ1) is 21.8. The summed E-state index contributed by atoms with van der Waals surface area (Å²) in [5.74, 6) is -2.67. The number of halogens is 2. The Morgan fingerprint density at radius 2 is 1.62 bits per heavy atom. The van der Waals surface area contributed by atoms with Crippen LogP contribution in [0.3, 0.4) is 0 Å². The zero-order valence-corrected chi connectivity index (χ0v) is 17.9. The Balaban J connectivity index is 1.45. The average molecular weight is 470 g/mol. The maximum absolute atomic E-state index is 15.1. The fourth-order valence-electron chi connectivity index (χ4n) is 4.46. The number of carboxylic acids is 1. The molecule has 0 atom stereocenters. The largest absolute Gasteiger partial charge is 0.477 e. The average Bonchev–Trinajstić information content (AvgIpc) is 3.64. The van der Waals surface area contributed by atoms with Crippen LogP contribution in [0.15, 0.2) is 41.3 Å². The summed E-state index contributed by atoms with van der Waals surface area (Å²) in [7, 11) is 0. The highest BCUT2D eigenvalue weighted by Crippen LogP contribution is 2.38. The summed E-state index contributed by atoms with van der Waals surface area (Å²) in [6.07, 6.45) is 3.04. The Hall–Kier alpha value is -4.02. The van der Waals surface area contributed by atoms with E-state index in [4.69, 9.17) is 0 Å². The summed E-state index contributed by atoms with van der Waals surface area (Å²) in [6.45, 7) is 1.44. The van der Waals surface area contributed by atoms with Gasteiger partial charge in [0.25, 0.3) is 5.69 Å². The SMILES string of the molecule is O=C(O)c1cn(C2CC2)c2cc(N3CCN(c4ccc([N+](=O)[O-])cc4F)CC3)c(F)cc2c1=O. The predicted octanol–water partition coefficient (Wildman–Crippen LogP) is 3.55. The lowest BCUT2D eigenvalue weighted by atomic mass is 10.1. The van der Waals surface area contributed by atoms with Crippen LogP contribution in [0, 0.1) is 21.7 Å². The van der Waals surface area contributed by atoms with Crippen LogP contribution < -0.4 is 15.2 Å². The molecule has 0 amide bonds. The van der Waals surface area contributed by atoms with Crippen LogP contribution in [-0.2, 0) is 0 Å². The molecule has 1 saturated carbocycles. The van der Waals surface area contributed by atoms with Crippen molar-refractivity contribution in [1.82, 2.24) is 4.57 Å². The molecule has 0 bridgehead atoms. The second kappa shape index (κ2) is 8.08. The summed E-state index contributed by atoms with van der Waals surface area (Å²) >= 11 is 0. The van der Waals surface area contributed by atoms with E-state index in [9.17, 15) is 29.2 Å². The molecule has 1 saturated heterocycles. The highest BCUT2D eigenvalue weighted by molar-refractivity contribution is 5.93. The van der Waals surface area contributed by atoms with Gasteiger partial charge in [0.15, 0.2) is 5.82 Å². The van der Waals surface area contributed by atoms with Crippen LogP contribution in [0.25, 0.3) is 10.9 Å². The molecular weight excluding hydrogens is 450 g/mol. The van der Waals surface area contributed by atoms with Crippen molar-refractivity contribution in [2.45, 2.75) is 18.9 Å². The third-order valence-electron chi connectivity index (χ3n) is 6.37. The van der Waals surface area contributed by atoms with Crippen molar-refractivity contribution in [1.29, 1.82) is 0 Å². The smallest absolute Gasteiger partial charge is 0.341 e. The number of carbonyl (C=O) groups is 1. The Labute approximate surface area is 191 Å². The summed E-state index contributed by atoms with van der Waals surface area (Å²) in [4.78, 5) is 37.9. The molecule has 1 N–H and O–H groups in total. The molecule has 0 spiro atoms. The first-order chi connectivity index (χ1) is 16.2. The molecule has 2 aromatic carbocycles. The number of carboxylic acid groups (broad SMARTS) is 1. The van der Waals surface area contributed by atoms with E-state index in [1.54, 1.807) is 20.4 Å². The molecule has 2 heterocycles. The minimum atomic E-state index is -1.35. The molecule has 1 aliphatic carbocycles. The number of aromatic nitrogens is 1. The number of fused-ring (bicyclic) bond motifs is 1. The number of hydrogen-bond donors (Lipinski definition) is 1. The van der Waals surface area contributed by atoms with Crippen molar-refractivity contribution in [2.24, 2.45) is 0 Å². The molecule has 1 aliphatic heterocycles. The Morgan fingerprint density at radius 1 is 1.00 bits per heavy atom. The monoisotopic (exact) mass is 470 g/mol. The zero-order valence-electron chi connectivity index (χ0n) is 17.9. The predicted molar refractivity (Wildman–Crippen MR) is 121 cm³/mol. The van der Waals surface area contributed by atoms with Gasteiger partial charge in [-0.3, -0.25) is 14.9 Å². The van der Waals surface area contributed by atoms with E-state index in [2.05, 4.69) is 0 Å². The number of rotatable bonds is 5. The third-order valence-corrected chi connectivity index (χ3v) is 6.37. The van der Waals surface area contributed by atoms with Crippen LogP contribution in [0.1, 0.15) is 29.2 Å². The lowest BCUT2D eigenvalue weighted by Crippen LogP contribution is -2.47. The number of nitrogens with zero attached hydrogens (tertiary/aromatic N) is 4. The molecule has 3 aromatic rings. The van der Waals surface area contributed by atoms with Crippen LogP contribution >= 0.6 is 0 Å². The molecular formula is C23H20F2N4O5. The fourth-order valence-corrected chi connectivity index (χ4v) is 4.46. The molecule has 11 heteroatoms. The second-order valence-corrected chi connectivity index (χ2v) is 8.50. The number of nitro groups is 1. The number of nitro benzene ring substituents is 1. The number of piperazine rings is 1. The van der Waals surface area contributed by atoms with Crippen LogP contribution in [-0.4, -0.2) is 46.7 Å². The maximum atomic E-state index is 15.1. The molecule has 9 nitrogen and oxygen atoms in total. The van der Waals surface area contributed by atoms with Crippen LogP contribution in [0.5, 0.6) is 0 Å². The number of benzene rings is 2. The zero-order chi connectivity index (χ0) is 24.1. The van der Waals surface area contributed by atoms with Crippen molar-refractivity contribution < 1.29 is 23.6 Å². The summed E-state index contributed by atoms with van der Waals surface area (Å²) < 4.78 is 31.2.